The van der Waals surface area contributed by atoms with Crippen LogP contribution in [0.2, 0.25) is 0 Å². The van der Waals surface area contributed by atoms with Gasteiger partial charge in [-0.1, -0.05) is 6.92 Å². The summed E-state index contributed by atoms with van der Waals surface area (Å²) in [6.07, 6.45) is 0.429. The fraction of sp³-hybridized carbons (Fsp3) is 0.800. The standard InChI is InChI=1S/C10H19NO4/c1-5-7(9(13)14)11-6-8(12)15-10(2,3)4/h7,11H,5-6H2,1-4H3,(H,13,14). The maximum Gasteiger partial charge on any atom is 0.320 e. The van der Waals surface area contributed by atoms with Gasteiger partial charge in [0, 0.05) is 0 Å². The highest BCUT2D eigenvalue weighted by Gasteiger charge is 2.19. The van der Waals surface area contributed by atoms with Crippen LogP contribution < -0.4 is 5.32 Å². The number of aliphatic carboxylic acids is 1. The monoisotopic (exact) mass is 217 g/mol. The van der Waals surface area contributed by atoms with Crippen LogP contribution >= 0.6 is 0 Å². The van der Waals surface area contributed by atoms with E-state index in [1.807, 2.05) is 0 Å². The first-order valence-corrected chi connectivity index (χ1v) is 4.94. The van der Waals surface area contributed by atoms with Crippen LogP contribution in [0.1, 0.15) is 34.1 Å². The van der Waals surface area contributed by atoms with Gasteiger partial charge >= 0.3 is 11.9 Å². The number of nitrogens with one attached hydrogen (secondary N) is 1. The summed E-state index contributed by atoms with van der Waals surface area (Å²) in [4.78, 5) is 21.8. The highest BCUT2D eigenvalue weighted by Crippen LogP contribution is 2.06. The summed E-state index contributed by atoms with van der Waals surface area (Å²) in [5.41, 5.74) is -0.538. The van der Waals surface area contributed by atoms with Crippen molar-refractivity contribution in [3.63, 3.8) is 0 Å². The lowest BCUT2D eigenvalue weighted by Crippen LogP contribution is -2.41. The van der Waals surface area contributed by atoms with Crippen LogP contribution in [0, 0.1) is 0 Å². The number of carboxylic acid groups (broad SMARTS) is 1. The minimum Gasteiger partial charge on any atom is -0.480 e. The highest BCUT2D eigenvalue weighted by molar-refractivity contribution is 5.76. The van der Waals surface area contributed by atoms with E-state index >= 15 is 0 Å². The van der Waals surface area contributed by atoms with Crippen molar-refractivity contribution in [2.75, 3.05) is 6.54 Å². The third-order valence-corrected chi connectivity index (χ3v) is 1.62. The molecule has 1 unspecified atom stereocenters. The highest BCUT2D eigenvalue weighted by atomic mass is 16.6. The second-order valence-corrected chi connectivity index (χ2v) is 4.27. The predicted molar refractivity (Wildman–Crippen MR) is 55.6 cm³/mol. The number of carboxylic acids is 1. The molecule has 0 aromatic rings. The van der Waals surface area contributed by atoms with E-state index in [4.69, 9.17) is 9.84 Å². The van der Waals surface area contributed by atoms with Crippen LogP contribution in [0.25, 0.3) is 0 Å². The van der Waals surface area contributed by atoms with Crippen LogP contribution in [0.5, 0.6) is 0 Å². The second-order valence-electron chi connectivity index (χ2n) is 4.27. The molecule has 15 heavy (non-hydrogen) atoms. The average molecular weight is 217 g/mol. The minimum atomic E-state index is -0.957. The first-order chi connectivity index (χ1) is 6.76. The lowest BCUT2D eigenvalue weighted by molar-refractivity contribution is -0.154. The Kier molecular flexibility index (Phi) is 5.28. The lowest BCUT2D eigenvalue weighted by Gasteiger charge is -2.20. The molecule has 5 heteroatoms. The van der Waals surface area contributed by atoms with E-state index in [2.05, 4.69) is 5.32 Å². The quantitative estimate of drug-likeness (QED) is 0.665. The second kappa shape index (κ2) is 5.70. The predicted octanol–water partition coefficient (Wildman–Crippen LogP) is 0.781. The Balaban J connectivity index is 3.94. The van der Waals surface area contributed by atoms with E-state index in [-0.39, 0.29) is 6.54 Å². The molecule has 0 aliphatic rings. The largest absolute Gasteiger partial charge is 0.480 e. The van der Waals surface area contributed by atoms with Gasteiger partial charge in [-0.3, -0.25) is 14.9 Å². The van der Waals surface area contributed by atoms with Crippen molar-refractivity contribution < 1.29 is 19.4 Å². The molecule has 0 amide bonds. The smallest absolute Gasteiger partial charge is 0.320 e. The molecule has 0 saturated carbocycles. The number of carbonyl (C=O) groups excluding carboxylic acids is 1. The van der Waals surface area contributed by atoms with Gasteiger partial charge < -0.3 is 9.84 Å². The first-order valence-electron chi connectivity index (χ1n) is 4.94. The Morgan fingerprint density at radius 1 is 1.40 bits per heavy atom. The van der Waals surface area contributed by atoms with E-state index in [9.17, 15) is 9.59 Å². The maximum atomic E-state index is 11.2. The molecule has 0 aliphatic heterocycles. The molecular weight excluding hydrogens is 198 g/mol. The van der Waals surface area contributed by atoms with Crippen LogP contribution in [-0.2, 0) is 14.3 Å². The van der Waals surface area contributed by atoms with E-state index < -0.39 is 23.6 Å². The molecule has 88 valence electrons. The zero-order valence-electron chi connectivity index (χ0n) is 9.66. The van der Waals surface area contributed by atoms with Crippen molar-refractivity contribution in [2.24, 2.45) is 0 Å². The van der Waals surface area contributed by atoms with Gasteiger partial charge in [-0.05, 0) is 27.2 Å². The summed E-state index contributed by atoms with van der Waals surface area (Å²) in [6.45, 7) is 6.95. The van der Waals surface area contributed by atoms with Crippen LogP contribution in [0.3, 0.4) is 0 Å². The van der Waals surface area contributed by atoms with E-state index in [1.54, 1.807) is 27.7 Å². The van der Waals surface area contributed by atoms with E-state index in [0.29, 0.717) is 6.42 Å². The topological polar surface area (TPSA) is 75.6 Å². The Morgan fingerprint density at radius 2 is 1.93 bits per heavy atom. The average Bonchev–Trinajstić information content (AvgIpc) is 2.01. The summed E-state index contributed by atoms with van der Waals surface area (Å²) >= 11 is 0. The third-order valence-electron chi connectivity index (χ3n) is 1.62. The number of rotatable bonds is 5. The number of hydrogen-bond donors (Lipinski definition) is 2. The molecule has 0 heterocycles. The summed E-state index contributed by atoms with van der Waals surface area (Å²) in [6, 6.07) is -0.697. The van der Waals surface area contributed by atoms with Gasteiger partial charge in [0.1, 0.15) is 11.6 Å². The van der Waals surface area contributed by atoms with Crippen molar-refractivity contribution in [3.8, 4) is 0 Å². The molecule has 0 fully saturated rings. The fourth-order valence-electron chi connectivity index (χ4n) is 0.990. The summed E-state index contributed by atoms with van der Waals surface area (Å²) in [5.74, 6) is -1.40. The van der Waals surface area contributed by atoms with Gasteiger partial charge in [-0.25, -0.2) is 0 Å². The third kappa shape index (κ3) is 6.90. The van der Waals surface area contributed by atoms with Crippen LogP contribution in [0.4, 0.5) is 0 Å². The Morgan fingerprint density at radius 3 is 2.27 bits per heavy atom. The maximum absolute atomic E-state index is 11.2. The molecule has 0 bridgehead atoms. The van der Waals surface area contributed by atoms with Crippen molar-refractivity contribution in [1.82, 2.24) is 5.32 Å². The minimum absolute atomic E-state index is 0.0813. The molecule has 1 atom stereocenters. The molecule has 5 nitrogen and oxygen atoms in total. The number of esters is 1. The van der Waals surface area contributed by atoms with Crippen molar-refractivity contribution in [3.05, 3.63) is 0 Å². The summed E-state index contributed by atoms with van der Waals surface area (Å²) in [7, 11) is 0. The van der Waals surface area contributed by atoms with Gasteiger partial charge in [0.25, 0.3) is 0 Å². The molecule has 0 aliphatic carbocycles. The van der Waals surface area contributed by atoms with E-state index in [1.165, 1.54) is 0 Å². The normalized spacial score (nSPS) is 13.3. The van der Waals surface area contributed by atoms with Gasteiger partial charge in [-0.15, -0.1) is 0 Å². The van der Waals surface area contributed by atoms with Crippen LogP contribution in [-0.4, -0.2) is 35.2 Å². The number of hydrogen-bond acceptors (Lipinski definition) is 4. The Hall–Kier alpha value is -1.10. The van der Waals surface area contributed by atoms with Gasteiger partial charge in [0.2, 0.25) is 0 Å². The molecule has 0 aromatic carbocycles. The molecule has 0 saturated heterocycles. The van der Waals surface area contributed by atoms with Crippen molar-refractivity contribution in [1.29, 1.82) is 0 Å². The SMILES string of the molecule is CCC(NCC(=O)OC(C)(C)C)C(=O)O. The van der Waals surface area contributed by atoms with E-state index in [0.717, 1.165) is 0 Å². The number of ether oxygens (including phenoxy) is 1. The van der Waals surface area contributed by atoms with Gasteiger partial charge in [-0.2, -0.15) is 0 Å². The van der Waals surface area contributed by atoms with Gasteiger partial charge in [0.05, 0.1) is 6.54 Å². The first kappa shape index (κ1) is 13.9. The summed E-state index contributed by atoms with van der Waals surface area (Å²) < 4.78 is 5.02. The molecule has 2 N–H and O–H groups in total. The van der Waals surface area contributed by atoms with Crippen molar-refractivity contribution in [2.45, 2.75) is 45.8 Å². The Labute approximate surface area is 89.8 Å². The fourth-order valence-corrected chi connectivity index (χ4v) is 0.990. The molecule has 0 spiro atoms. The molecule has 0 rings (SSSR count). The zero-order chi connectivity index (χ0) is 12.1. The van der Waals surface area contributed by atoms with Gasteiger partial charge in [0.15, 0.2) is 0 Å². The molecule has 0 aromatic heterocycles. The molecular formula is C10H19NO4. The molecule has 0 radical (unpaired) electrons. The Bertz CT molecular complexity index is 232. The van der Waals surface area contributed by atoms with Crippen molar-refractivity contribution >= 4 is 11.9 Å². The lowest BCUT2D eigenvalue weighted by atomic mass is 10.2. The zero-order valence-corrected chi connectivity index (χ0v) is 9.66. The number of carbonyl (C=O) groups is 2. The summed E-state index contributed by atoms with van der Waals surface area (Å²) in [5, 5.41) is 11.3. The van der Waals surface area contributed by atoms with Crippen LogP contribution in [0.15, 0.2) is 0 Å².